The van der Waals surface area contributed by atoms with Gasteiger partial charge in [0.1, 0.15) is 0 Å². The highest BCUT2D eigenvalue weighted by Gasteiger charge is 2.18. The molecule has 0 radical (unpaired) electrons. The standard InChI is InChI=1S/C10H11N5O2/c1-6(7-4-2-3-5-12-7)13-10(16)8-9(11)15-17-14-8/h2-6H,1H3,(H2,11,15)(H,13,16)/t6-/m1/s1. The number of hydrogen-bond donors (Lipinski definition) is 2. The van der Waals surface area contributed by atoms with Crippen molar-refractivity contribution in [3.8, 4) is 0 Å². The molecule has 0 saturated carbocycles. The maximum absolute atomic E-state index is 11.7. The van der Waals surface area contributed by atoms with Crippen LogP contribution in [0, 0.1) is 0 Å². The van der Waals surface area contributed by atoms with E-state index in [0.29, 0.717) is 0 Å². The third-order valence-corrected chi connectivity index (χ3v) is 2.21. The first-order valence-corrected chi connectivity index (χ1v) is 4.98. The topological polar surface area (TPSA) is 107 Å². The number of rotatable bonds is 3. The summed E-state index contributed by atoms with van der Waals surface area (Å²) < 4.78 is 4.35. The number of nitrogens with zero attached hydrogens (tertiary/aromatic N) is 3. The molecule has 1 amide bonds. The number of pyridine rings is 1. The van der Waals surface area contributed by atoms with Crippen LogP contribution in [0.15, 0.2) is 29.0 Å². The zero-order valence-electron chi connectivity index (χ0n) is 9.12. The molecule has 3 N–H and O–H groups in total. The maximum Gasteiger partial charge on any atom is 0.277 e. The van der Waals surface area contributed by atoms with Gasteiger partial charge in [-0.3, -0.25) is 9.78 Å². The highest BCUT2D eigenvalue weighted by Crippen LogP contribution is 2.10. The number of nitrogens with one attached hydrogen (secondary N) is 1. The smallest absolute Gasteiger partial charge is 0.277 e. The molecule has 0 aromatic carbocycles. The van der Waals surface area contributed by atoms with Crippen molar-refractivity contribution in [1.82, 2.24) is 20.6 Å². The fraction of sp³-hybridized carbons (Fsp3) is 0.200. The van der Waals surface area contributed by atoms with Crippen molar-refractivity contribution in [3.63, 3.8) is 0 Å². The maximum atomic E-state index is 11.7. The molecule has 2 heterocycles. The summed E-state index contributed by atoms with van der Waals surface area (Å²) in [4.78, 5) is 15.9. The Morgan fingerprint density at radius 2 is 2.29 bits per heavy atom. The van der Waals surface area contributed by atoms with Crippen LogP contribution >= 0.6 is 0 Å². The summed E-state index contributed by atoms with van der Waals surface area (Å²) >= 11 is 0. The van der Waals surface area contributed by atoms with Crippen LogP contribution in [0.1, 0.15) is 29.1 Å². The number of carbonyl (C=O) groups excluding carboxylic acids is 1. The monoisotopic (exact) mass is 233 g/mol. The van der Waals surface area contributed by atoms with Gasteiger partial charge in [0.05, 0.1) is 11.7 Å². The van der Waals surface area contributed by atoms with Crippen LogP contribution in [0.4, 0.5) is 5.82 Å². The molecule has 0 aliphatic heterocycles. The second-order valence-electron chi connectivity index (χ2n) is 3.45. The molecule has 0 unspecified atom stereocenters. The van der Waals surface area contributed by atoms with E-state index in [2.05, 4.69) is 25.2 Å². The van der Waals surface area contributed by atoms with Crippen LogP contribution in [0.5, 0.6) is 0 Å². The van der Waals surface area contributed by atoms with Crippen molar-refractivity contribution in [1.29, 1.82) is 0 Å². The number of nitrogen functional groups attached to an aromatic ring is 1. The summed E-state index contributed by atoms with van der Waals surface area (Å²) in [6, 6.07) is 5.21. The molecule has 2 aromatic heterocycles. The van der Waals surface area contributed by atoms with Gasteiger partial charge in [-0.1, -0.05) is 6.07 Å². The van der Waals surface area contributed by atoms with Gasteiger partial charge in [-0.2, -0.15) is 0 Å². The Hall–Kier alpha value is -2.44. The second-order valence-corrected chi connectivity index (χ2v) is 3.45. The van der Waals surface area contributed by atoms with Crippen molar-refractivity contribution in [2.24, 2.45) is 0 Å². The van der Waals surface area contributed by atoms with Gasteiger partial charge in [0.25, 0.3) is 5.91 Å². The summed E-state index contributed by atoms with van der Waals surface area (Å²) in [6.45, 7) is 1.81. The predicted octanol–water partition coefficient (Wildman–Crippen LogP) is 0.538. The largest absolute Gasteiger partial charge is 0.379 e. The lowest BCUT2D eigenvalue weighted by molar-refractivity contribution is 0.0930. The first-order valence-electron chi connectivity index (χ1n) is 4.98. The molecule has 7 nitrogen and oxygen atoms in total. The number of aromatic nitrogens is 3. The molecule has 2 aromatic rings. The minimum atomic E-state index is -0.443. The van der Waals surface area contributed by atoms with E-state index in [0.717, 1.165) is 5.69 Å². The molecule has 0 aliphatic rings. The molecular formula is C10H11N5O2. The normalized spacial score (nSPS) is 12.1. The molecule has 0 saturated heterocycles. The fourth-order valence-corrected chi connectivity index (χ4v) is 1.32. The van der Waals surface area contributed by atoms with Crippen molar-refractivity contribution < 1.29 is 9.42 Å². The first-order chi connectivity index (χ1) is 8.18. The first kappa shape index (κ1) is 11.1. The molecule has 1 atom stereocenters. The zero-order valence-corrected chi connectivity index (χ0v) is 9.12. The molecule has 0 bridgehead atoms. The van der Waals surface area contributed by atoms with Crippen molar-refractivity contribution >= 4 is 11.7 Å². The lowest BCUT2D eigenvalue weighted by Crippen LogP contribution is -2.28. The van der Waals surface area contributed by atoms with Crippen LogP contribution in [0.2, 0.25) is 0 Å². The van der Waals surface area contributed by atoms with Crippen LogP contribution in [0.25, 0.3) is 0 Å². The average molecular weight is 233 g/mol. The van der Waals surface area contributed by atoms with E-state index >= 15 is 0 Å². The van der Waals surface area contributed by atoms with E-state index in [1.807, 2.05) is 19.1 Å². The average Bonchev–Trinajstić information content (AvgIpc) is 2.76. The van der Waals surface area contributed by atoms with E-state index < -0.39 is 5.91 Å². The lowest BCUT2D eigenvalue weighted by Gasteiger charge is -2.11. The molecule has 2 rings (SSSR count). The molecule has 0 fully saturated rings. The van der Waals surface area contributed by atoms with Gasteiger partial charge in [0.15, 0.2) is 0 Å². The summed E-state index contributed by atoms with van der Waals surface area (Å²) in [5.74, 6) is -0.474. The Kier molecular flexibility index (Phi) is 2.99. The number of amides is 1. The predicted molar refractivity (Wildman–Crippen MR) is 58.8 cm³/mol. The Morgan fingerprint density at radius 3 is 2.88 bits per heavy atom. The van der Waals surface area contributed by atoms with Crippen molar-refractivity contribution in [3.05, 3.63) is 35.8 Å². The van der Waals surface area contributed by atoms with E-state index in [4.69, 9.17) is 5.73 Å². The van der Waals surface area contributed by atoms with Gasteiger partial charge in [-0.05, 0) is 29.4 Å². The molecule has 7 heteroatoms. The zero-order chi connectivity index (χ0) is 12.3. The van der Waals surface area contributed by atoms with Gasteiger partial charge in [0.2, 0.25) is 11.5 Å². The van der Waals surface area contributed by atoms with E-state index in [9.17, 15) is 4.79 Å². The third-order valence-electron chi connectivity index (χ3n) is 2.21. The van der Waals surface area contributed by atoms with E-state index in [1.54, 1.807) is 12.3 Å². The van der Waals surface area contributed by atoms with Gasteiger partial charge in [-0.25, -0.2) is 4.63 Å². The SMILES string of the molecule is C[C@@H](NC(=O)c1nonc1N)c1ccccn1. The second kappa shape index (κ2) is 4.60. The Labute approximate surface area is 97.0 Å². The van der Waals surface area contributed by atoms with Gasteiger partial charge >= 0.3 is 0 Å². The van der Waals surface area contributed by atoms with Crippen LogP contribution < -0.4 is 11.1 Å². The Balaban J connectivity index is 2.08. The molecule has 88 valence electrons. The quantitative estimate of drug-likeness (QED) is 0.801. The number of carbonyl (C=O) groups is 1. The molecule has 0 spiro atoms. The number of nitrogens with two attached hydrogens (primary N) is 1. The van der Waals surface area contributed by atoms with Crippen molar-refractivity contribution in [2.45, 2.75) is 13.0 Å². The van der Waals surface area contributed by atoms with Gasteiger partial charge in [-0.15, -0.1) is 0 Å². The van der Waals surface area contributed by atoms with Gasteiger partial charge in [0, 0.05) is 6.20 Å². The summed E-state index contributed by atoms with van der Waals surface area (Å²) in [5, 5.41) is 9.45. The highest BCUT2D eigenvalue weighted by atomic mass is 16.6. The van der Waals surface area contributed by atoms with E-state index in [1.165, 1.54) is 0 Å². The lowest BCUT2D eigenvalue weighted by atomic mass is 10.2. The summed E-state index contributed by atoms with van der Waals surface area (Å²) in [6.07, 6.45) is 1.66. The highest BCUT2D eigenvalue weighted by molar-refractivity contribution is 5.96. The van der Waals surface area contributed by atoms with Crippen LogP contribution in [0.3, 0.4) is 0 Å². The Bertz CT molecular complexity index is 510. The minimum Gasteiger partial charge on any atom is -0.379 e. The minimum absolute atomic E-state index is 0.0206. The number of anilines is 1. The fourth-order valence-electron chi connectivity index (χ4n) is 1.32. The number of hydrogen-bond acceptors (Lipinski definition) is 6. The molecule has 17 heavy (non-hydrogen) atoms. The molecule has 0 aliphatic carbocycles. The Morgan fingerprint density at radius 1 is 1.47 bits per heavy atom. The van der Waals surface area contributed by atoms with E-state index in [-0.39, 0.29) is 17.6 Å². The third kappa shape index (κ3) is 2.39. The van der Waals surface area contributed by atoms with Crippen molar-refractivity contribution in [2.75, 3.05) is 5.73 Å². The van der Waals surface area contributed by atoms with Crippen LogP contribution in [-0.4, -0.2) is 21.2 Å². The van der Waals surface area contributed by atoms with Crippen LogP contribution in [-0.2, 0) is 0 Å². The summed E-state index contributed by atoms with van der Waals surface area (Å²) in [7, 11) is 0. The molecular weight excluding hydrogens is 222 g/mol. The van der Waals surface area contributed by atoms with Gasteiger partial charge < -0.3 is 11.1 Å². The summed E-state index contributed by atoms with van der Waals surface area (Å²) in [5.41, 5.74) is 6.14.